The third-order valence-electron chi connectivity index (χ3n) is 4.59. The molecular weight excluding hydrogens is 412 g/mol. The zero-order valence-electron chi connectivity index (χ0n) is 15.4. The van der Waals surface area contributed by atoms with Crippen molar-refractivity contribution in [2.45, 2.75) is 12.8 Å². The van der Waals surface area contributed by atoms with Gasteiger partial charge in [-0.1, -0.05) is 11.6 Å². The van der Waals surface area contributed by atoms with Crippen LogP contribution in [0.15, 0.2) is 35.8 Å². The van der Waals surface area contributed by atoms with Crippen molar-refractivity contribution in [2.24, 2.45) is 5.73 Å². The average molecular weight is 431 g/mol. The van der Waals surface area contributed by atoms with Crippen LogP contribution < -0.4 is 21.3 Å². The van der Waals surface area contributed by atoms with Crippen molar-refractivity contribution in [3.8, 4) is 5.75 Å². The number of phenolic OH excluding ortho intramolecular Hbond substituents is 1. The molecule has 2 aromatic heterocycles. The summed E-state index contributed by atoms with van der Waals surface area (Å²) in [5.41, 5.74) is 7.37. The molecule has 1 aliphatic rings. The number of phenols is 1. The minimum atomic E-state index is -0.533. The summed E-state index contributed by atoms with van der Waals surface area (Å²) in [6, 6.07) is 7.19. The second-order valence-corrected chi connectivity index (χ2v) is 7.89. The van der Waals surface area contributed by atoms with Gasteiger partial charge in [0.1, 0.15) is 15.6 Å². The van der Waals surface area contributed by atoms with Crippen molar-refractivity contribution in [2.75, 3.05) is 28.6 Å². The van der Waals surface area contributed by atoms with E-state index in [-0.39, 0.29) is 16.7 Å². The lowest BCUT2D eigenvalue weighted by atomic mass is 10.2. The standard InChI is InChI=1S/C19H19ClN6O2S/c20-12-10-22-19(25-18(12)23-14-5-8-29-16(14)17(21)28)24-13-4-3-11(9-15(13)27)26-6-1-2-7-26/h3-5,8-10,27H,1-2,6-7H2,(H2,21,28)(H2,22,23,24,25). The molecule has 0 radical (unpaired) electrons. The van der Waals surface area contributed by atoms with Crippen LogP contribution in [0, 0.1) is 0 Å². The molecule has 0 saturated carbocycles. The van der Waals surface area contributed by atoms with E-state index in [0.29, 0.717) is 22.1 Å². The summed E-state index contributed by atoms with van der Waals surface area (Å²) in [7, 11) is 0. The molecule has 0 atom stereocenters. The van der Waals surface area contributed by atoms with Crippen molar-refractivity contribution in [3.05, 3.63) is 45.7 Å². The van der Waals surface area contributed by atoms with Crippen LogP contribution in [0.1, 0.15) is 22.5 Å². The number of aromatic hydroxyl groups is 1. The third-order valence-corrected chi connectivity index (χ3v) is 5.79. The lowest BCUT2D eigenvalue weighted by Gasteiger charge is -2.18. The van der Waals surface area contributed by atoms with Crippen LogP contribution in [0.5, 0.6) is 5.75 Å². The van der Waals surface area contributed by atoms with Crippen molar-refractivity contribution >= 4 is 57.7 Å². The number of hydrogen-bond donors (Lipinski definition) is 4. The maximum atomic E-state index is 11.5. The Labute approximate surface area is 176 Å². The first kappa shape index (κ1) is 19.3. The van der Waals surface area contributed by atoms with Gasteiger partial charge in [-0.3, -0.25) is 4.79 Å². The first-order valence-electron chi connectivity index (χ1n) is 9.03. The summed E-state index contributed by atoms with van der Waals surface area (Å²) in [6.45, 7) is 1.99. The van der Waals surface area contributed by atoms with E-state index in [1.165, 1.54) is 17.5 Å². The maximum absolute atomic E-state index is 11.5. The summed E-state index contributed by atoms with van der Waals surface area (Å²) in [5, 5.41) is 18.4. The van der Waals surface area contributed by atoms with Crippen LogP contribution in [0.4, 0.5) is 28.8 Å². The fourth-order valence-electron chi connectivity index (χ4n) is 3.16. The van der Waals surface area contributed by atoms with E-state index in [0.717, 1.165) is 31.6 Å². The zero-order valence-corrected chi connectivity index (χ0v) is 16.9. The van der Waals surface area contributed by atoms with Crippen LogP contribution in [-0.4, -0.2) is 34.1 Å². The Morgan fingerprint density at radius 3 is 2.72 bits per heavy atom. The van der Waals surface area contributed by atoms with Gasteiger partial charge in [0.25, 0.3) is 5.91 Å². The molecule has 0 aliphatic carbocycles. The monoisotopic (exact) mass is 430 g/mol. The molecule has 3 heterocycles. The number of amides is 1. The number of anilines is 5. The number of hydrogen-bond acceptors (Lipinski definition) is 8. The van der Waals surface area contributed by atoms with Gasteiger partial charge in [-0.25, -0.2) is 4.98 Å². The van der Waals surface area contributed by atoms with Gasteiger partial charge in [-0.15, -0.1) is 11.3 Å². The first-order chi connectivity index (χ1) is 14.0. The highest BCUT2D eigenvalue weighted by atomic mass is 35.5. The molecule has 4 rings (SSSR count). The molecular formula is C19H19ClN6O2S. The minimum Gasteiger partial charge on any atom is -0.506 e. The SMILES string of the molecule is NC(=O)c1sccc1Nc1nc(Nc2ccc(N3CCCC3)cc2O)ncc1Cl. The summed E-state index contributed by atoms with van der Waals surface area (Å²) < 4.78 is 0. The fourth-order valence-corrected chi connectivity index (χ4v) is 4.00. The Bertz CT molecular complexity index is 1050. The van der Waals surface area contributed by atoms with E-state index >= 15 is 0 Å². The van der Waals surface area contributed by atoms with E-state index in [4.69, 9.17) is 17.3 Å². The highest BCUT2D eigenvalue weighted by Gasteiger charge is 2.16. The molecule has 29 heavy (non-hydrogen) atoms. The zero-order chi connectivity index (χ0) is 20.4. The molecule has 3 aromatic rings. The number of halogens is 1. The Kier molecular flexibility index (Phi) is 5.41. The molecule has 1 fully saturated rings. The number of carbonyl (C=O) groups excluding carboxylic acids is 1. The predicted molar refractivity (Wildman–Crippen MR) is 116 cm³/mol. The largest absolute Gasteiger partial charge is 0.506 e. The lowest BCUT2D eigenvalue weighted by molar-refractivity contribution is 0.100. The van der Waals surface area contributed by atoms with Gasteiger partial charge in [0.2, 0.25) is 5.95 Å². The van der Waals surface area contributed by atoms with E-state index in [1.54, 1.807) is 23.6 Å². The highest BCUT2D eigenvalue weighted by molar-refractivity contribution is 7.12. The normalized spacial score (nSPS) is 13.5. The topological polar surface area (TPSA) is 116 Å². The number of nitrogens with one attached hydrogen (secondary N) is 2. The Hall–Kier alpha value is -3.04. The third kappa shape index (κ3) is 4.20. The highest BCUT2D eigenvalue weighted by Crippen LogP contribution is 2.33. The summed E-state index contributed by atoms with van der Waals surface area (Å²) in [4.78, 5) is 22.6. The van der Waals surface area contributed by atoms with Crippen LogP contribution in [0.3, 0.4) is 0 Å². The van der Waals surface area contributed by atoms with Crippen LogP contribution in [0.2, 0.25) is 5.02 Å². The Morgan fingerprint density at radius 1 is 1.21 bits per heavy atom. The number of benzene rings is 1. The van der Waals surface area contributed by atoms with Crippen molar-refractivity contribution in [1.82, 2.24) is 9.97 Å². The number of nitrogens with two attached hydrogens (primary N) is 1. The van der Waals surface area contributed by atoms with Crippen molar-refractivity contribution in [1.29, 1.82) is 0 Å². The molecule has 1 aliphatic heterocycles. The predicted octanol–water partition coefficient (Wildman–Crippen LogP) is 4.08. The van der Waals surface area contributed by atoms with Gasteiger partial charge >= 0.3 is 0 Å². The van der Waals surface area contributed by atoms with Crippen LogP contribution in [-0.2, 0) is 0 Å². The van der Waals surface area contributed by atoms with E-state index in [1.807, 2.05) is 6.07 Å². The van der Waals surface area contributed by atoms with Crippen molar-refractivity contribution in [3.63, 3.8) is 0 Å². The second-order valence-electron chi connectivity index (χ2n) is 6.56. The quantitative estimate of drug-likeness (QED) is 0.435. The van der Waals surface area contributed by atoms with Gasteiger partial charge in [-0.2, -0.15) is 4.98 Å². The smallest absolute Gasteiger partial charge is 0.260 e. The van der Waals surface area contributed by atoms with Gasteiger partial charge in [0, 0.05) is 24.8 Å². The van der Waals surface area contributed by atoms with Gasteiger partial charge in [-0.05, 0) is 36.4 Å². The summed E-state index contributed by atoms with van der Waals surface area (Å²) in [6.07, 6.45) is 3.76. The summed E-state index contributed by atoms with van der Waals surface area (Å²) in [5.74, 6) is 0.139. The molecule has 1 aromatic carbocycles. The molecule has 150 valence electrons. The number of aromatic nitrogens is 2. The second kappa shape index (κ2) is 8.14. The number of primary amides is 1. The molecule has 0 unspecified atom stereocenters. The van der Waals surface area contributed by atoms with Crippen LogP contribution >= 0.6 is 22.9 Å². The molecule has 0 spiro atoms. The number of thiophene rings is 1. The number of carbonyl (C=O) groups is 1. The average Bonchev–Trinajstić information content (AvgIpc) is 3.38. The lowest BCUT2D eigenvalue weighted by Crippen LogP contribution is -2.17. The minimum absolute atomic E-state index is 0.108. The number of rotatable bonds is 6. The Morgan fingerprint density at radius 2 is 2.00 bits per heavy atom. The van der Waals surface area contributed by atoms with Crippen LogP contribution in [0.25, 0.3) is 0 Å². The number of nitrogens with zero attached hydrogens (tertiary/aromatic N) is 3. The molecule has 5 N–H and O–H groups in total. The Balaban J connectivity index is 1.54. The molecule has 8 nitrogen and oxygen atoms in total. The molecule has 1 amide bonds. The van der Waals surface area contributed by atoms with E-state index < -0.39 is 5.91 Å². The molecule has 10 heteroatoms. The van der Waals surface area contributed by atoms with E-state index in [9.17, 15) is 9.90 Å². The van der Waals surface area contributed by atoms with E-state index in [2.05, 4.69) is 25.5 Å². The summed E-state index contributed by atoms with van der Waals surface area (Å²) >= 11 is 7.42. The maximum Gasteiger partial charge on any atom is 0.260 e. The van der Waals surface area contributed by atoms with Crippen molar-refractivity contribution < 1.29 is 9.90 Å². The fraction of sp³-hybridized carbons (Fsp3) is 0.211. The molecule has 1 saturated heterocycles. The van der Waals surface area contributed by atoms with Gasteiger partial charge in [0.05, 0.1) is 17.6 Å². The molecule has 0 bridgehead atoms. The van der Waals surface area contributed by atoms with Gasteiger partial charge in [0.15, 0.2) is 5.82 Å². The van der Waals surface area contributed by atoms with Gasteiger partial charge < -0.3 is 26.4 Å². The first-order valence-corrected chi connectivity index (χ1v) is 10.3.